The van der Waals surface area contributed by atoms with E-state index in [0.29, 0.717) is 12.8 Å². The second-order valence-corrected chi connectivity index (χ2v) is 14.3. The highest BCUT2D eigenvalue weighted by Crippen LogP contribution is 2.16. The highest BCUT2D eigenvalue weighted by atomic mass is 16.3. The molecule has 0 bridgehead atoms. The molecule has 0 aromatic carbocycles. The summed E-state index contributed by atoms with van der Waals surface area (Å²) >= 11 is 0. The average Bonchev–Trinajstić information content (AvgIpc) is 3.08. The molecule has 0 saturated carbocycles. The third-order valence-electron chi connectivity index (χ3n) is 9.73. The molecule has 0 radical (unpaired) electrons. The Morgan fingerprint density at radius 3 is 1.26 bits per heavy atom. The summed E-state index contributed by atoms with van der Waals surface area (Å²) in [6.07, 6.45) is 39.5. The van der Waals surface area contributed by atoms with Crippen molar-refractivity contribution >= 4 is 5.91 Å². The molecule has 0 aliphatic heterocycles. The van der Waals surface area contributed by atoms with Gasteiger partial charge in [-0.1, -0.05) is 187 Å². The summed E-state index contributed by atoms with van der Waals surface area (Å²) in [6.45, 7) is 3.79. The smallest absolute Gasteiger partial charge is 0.249 e. The molecule has 4 atom stereocenters. The zero-order valence-corrected chi connectivity index (χ0v) is 31.3. The minimum absolute atomic E-state index is 0.369. The fourth-order valence-corrected chi connectivity index (χ4v) is 6.38. The van der Waals surface area contributed by atoms with Gasteiger partial charge in [0, 0.05) is 0 Å². The van der Waals surface area contributed by atoms with E-state index < -0.39 is 36.9 Å². The van der Waals surface area contributed by atoms with Crippen molar-refractivity contribution in [3.8, 4) is 0 Å². The Kier molecular flexibility index (Phi) is 35.6. The van der Waals surface area contributed by atoms with Crippen LogP contribution in [0.1, 0.15) is 213 Å². The number of aliphatic hydroxyl groups is 4. The molecule has 0 spiro atoms. The van der Waals surface area contributed by atoms with Gasteiger partial charge in [-0.15, -0.1) is 0 Å². The monoisotopic (exact) mass is 668 g/mol. The van der Waals surface area contributed by atoms with Crippen LogP contribution >= 0.6 is 0 Å². The average molecular weight is 668 g/mol. The van der Waals surface area contributed by atoms with Crippen molar-refractivity contribution < 1.29 is 25.2 Å². The summed E-state index contributed by atoms with van der Waals surface area (Å²) in [4.78, 5) is 12.3. The van der Waals surface area contributed by atoms with Crippen molar-refractivity contribution in [1.82, 2.24) is 5.32 Å². The lowest BCUT2D eigenvalue weighted by Gasteiger charge is -2.27. The molecule has 280 valence electrons. The SMILES string of the molecule is CCCCCCCCCCCCCC/C=C\CCCCCCCCCCCCCCCC(O)C(=O)NC(CO)C(O)C(O)CCCC. The summed E-state index contributed by atoms with van der Waals surface area (Å²) in [5.74, 6) is -0.595. The van der Waals surface area contributed by atoms with Crippen LogP contribution in [0.15, 0.2) is 12.2 Å². The zero-order valence-electron chi connectivity index (χ0n) is 31.3. The van der Waals surface area contributed by atoms with Crippen LogP contribution in [0, 0.1) is 0 Å². The number of rotatable bonds is 37. The molecule has 1 amide bonds. The fraction of sp³-hybridized carbons (Fsp3) is 0.927. The van der Waals surface area contributed by atoms with E-state index in [4.69, 9.17) is 0 Å². The van der Waals surface area contributed by atoms with Gasteiger partial charge in [0.15, 0.2) is 0 Å². The number of hydrogen-bond acceptors (Lipinski definition) is 5. The van der Waals surface area contributed by atoms with E-state index >= 15 is 0 Å². The maximum atomic E-state index is 12.3. The number of amides is 1. The highest BCUT2D eigenvalue weighted by Gasteiger charge is 2.28. The minimum Gasteiger partial charge on any atom is -0.394 e. The first-order valence-corrected chi connectivity index (χ1v) is 20.6. The van der Waals surface area contributed by atoms with Gasteiger partial charge in [0.1, 0.15) is 12.2 Å². The lowest BCUT2D eigenvalue weighted by molar-refractivity contribution is -0.132. The zero-order chi connectivity index (χ0) is 34.6. The summed E-state index contributed by atoms with van der Waals surface area (Å²) in [5, 5.41) is 42.5. The molecular formula is C41H81NO5. The van der Waals surface area contributed by atoms with Crippen molar-refractivity contribution in [3.05, 3.63) is 12.2 Å². The topological polar surface area (TPSA) is 110 Å². The highest BCUT2D eigenvalue weighted by molar-refractivity contribution is 5.80. The van der Waals surface area contributed by atoms with Crippen molar-refractivity contribution in [3.63, 3.8) is 0 Å². The summed E-state index contributed by atoms with van der Waals surface area (Å²) in [5.41, 5.74) is 0. The lowest BCUT2D eigenvalue weighted by Crippen LogP contribution is -2.53. The molecule has 0 aromatic rings. The molecule has 0 heterocycles. The third-order valence-corrected chi connectivity index (χ3v) is 9.73. The van der Waals surface area contributed by atoms with E-state index in [-0.39, 0.29) is 0 Å². The third kappa shape index (κ3) is 30.8. The molecule has 5 N–H and O–H groups in total. The van der Waals surface area contributed by atoms with E-state index in [1.54, 1.807) is 0 Å². The maximum Gasteiger partial charge on any atom is 0.249 e. The Morgan fingerprint density at radius 2 is 0.872 bits per heavy atom. The van der Waals surface area contributed by atoms with Crippen LogP contribution in [0.4, 0.5) is 0 Å². The van der Waals surface area contributed by atoms with Gasteiger partial charge in [-0.05, 0) is 38.5 Å². The standard InChI is InChI=1S/C41H81NO5/c1-3-5-7-8-9-10-11-12-13-14-15-16-17-18-19-20-21-22-23-24-25-26-27-28-29-30-31-32-33-35-39(45)41(47)42-37(36-43)40(46)38(44)34-6-4-2/h18-19,37-40,43-46H,3-17,20-36H2,1-2H3,(H,42,47)/b19-18-. The first-order chi connectivity index (χ1) is 23.0. The van der Waals surface area contributed by atoms with Crippen molar-refractivity contribution in [2.75, 3.05) is 6.61 Å². The van der Waals surface area contributed by atoms with E-state index in [2.05, 4.69) is 24.4 Å². The van der Waals surface area contributed by atoms with Crippen molar-refractivity contribution in [1.29, 1.82) is 0 Å². The van der Waals surface area contributed by atoms with Gasteiger partial charge >= 0.3 is 0 Å². The van der Waals surface area contributed by atoms with Crippen LogP contribution in [0.3, 0.4) is 0 Å². The molecule has 0 aromatic heterocycles. The first kappa shape index (κ1) is 46.0. The van der Waals surface area contributed by atoms with Gasteiger partial charge in [0.05, 0.1) is 18.8 Å². The Labute approximate surface area is 292 Å². The summed E-state index contributed by atoms with van der Waals surface area (Å²) < 4.78 is 0. The second-order valence-electron chi connectivity index (χ2n) is 14.3. The van der Waals surface area contributed by atoms with E-state index in [1.165, 1.54) is 154 Å². The van der Waals surface area contributed by atoms with Crippen LogP contribution in [-0.4, -0.2) is 57.3 Å². The van der Waals surface area contributed by atoms with E-state index in [9.17, 15) is 25.2 Å². The summed E-state index contributed by atoms with van der Waals surface area (Å²) in [7, 11) is 0. The normalized spacial score (nSPS) is 14.4. The number of hydrogen-bond donors (Lipinski definition) is 5. The Morgan fingerprint density at radius 1 is 0.511 bits per heavy atom. The van der Waals surface area contributed by atoms with Gasteiger partial charge in [-0.3, -0.25) is 4.79 Å². The number of carbonyl (C=O) groups excluding carboxylic acids is 1. The largest absolute Gasteiger partial charge is 0.394 e. The number of unbranched alkanes of at least 4 members (excludes halogenated alkanes) is 26. The predicted molar refractivity (Wildman–Crippen MR) is 201 cm³/mol. The van der Waals surface area contributed by atoms with Gasteiger partial charge in [-0.2, -0.15) is 0 Å². The van der Waals surface area contributed by atoms with Gasteiger partial charge in [0.25, 0.3) is 0 Å². The number of nitrogens with one attached hydrogen (secondary N) is 1. The molecule has 0 fully saturated rings. The molecule has 4 unspecified atom stereocenters. The lowest BCUT2D eigenvalue weighted by atomic mass is 10.0. The quantitative estimate of drug-likeness (QED) is 0.0335. The molecule has 0 rings (SSSR count). The Bertz CT molecular complexity index is 672. The molecule has 0 saturated heterocycles. The van der Waals surface area contributed by atoms with Gasteiger partial charge in [0.2, 0.25) is 5.91 Å². The van der Waals surface area contributed by atoms with Crippen LogP contribution in [0.25, 0.3) is 0 Å². The van der Waals surface area contributed by atoms with Crippen LogP contribution in [0.5, 0.6) is 0 Å². The maximum absolute atomic E-state index is 12.3. The fourth-order valence-electron chi connectivity index (χ4n) is 6.38. The van der Waals surface area contributed by atoms with Crippen LogP contribution in [-0.2, 0) is 4.79 Å². The number of aliphatic hydroxyl groups excluding tert-OH is 4. The van der Waals surface area contributed by atoms with Crippen molar-refractivity contribution in [2.45, 2.75) is 237 Å². The molecular weight excluding hydrogens is 586 g/mol. The van der Waals surface area contributed by atoms with E-state index in [0.717, 1.165) is 32.1 Å². The Hall–Kier alpha value is -0.950. The van der Waals surface area contributed by atoms with E-state index in [1.807, 2.05) is 6.92 Å². The predicted octanol–water partition coefficient (Wildman–Crippen LogP) is 10.2. The van der Waals surface area contributed by atoms with Crippen LogP contribution in [0.2, 0.25) is 0 Å². The number of carbonyl (C=O) groups is 1. The molecule has 6 heteroatoms. The van der Waals surface area contributed by atoms with Crippen LogP contribution < -0.4 is 5.32 Å². The number of allylic oxidation sites excluding steroid dienone is 2. The van der Waals surface area contributed by atoms with Gasteiger partial charge in [-0.25, -0.2) is 0 Å². The second kappa shape index (κ2) is 36.3. The molecule has 6 nitrogen and oxygen atoms in total. The Balaban J connectivity index is 3.44. The molecule has 0 aliphatic carbocycles. The summed E-state index contributed by atoms with van der Waals surface area (Å²) in [6, 6.07) is -0.977. The first-order valence-electron chi connectivity index (χ1n) is 20.6. The molecule has 0 aliphatic rings. The van der Waals surface area contributed by atoms with Gasteiger partial charge < -0.3 is 25.7 Å². The minimum atomic E-state index is -1.25. The molecule has 47 heavy (non-hydrogen) atoms. The van der Waals surface area contributed by atoms with Crippen molar-refractivity contribution in [2.24, 2.45) is 0 Å².